The summed E-state index contributed by atoms with van der Waals surface area (Å²) < 4.78 is 7.93. The van der Waals surface area contributed by atoms with Crippen LogP contribution in [0.4, 0.5) is 5.69 Å². The number of halogens is 1. The number of anilines is 1. The molecule has 0 saturated heterocycles. The van der Waals surface area contributed by atoms with Crippen molar-refractivity contribution in [3.63, 3.8) is 0 Å². The van der Waals surface area contributed by atoms with E-state index in [0.717, 1.165) is 21.4 Å². The largest absolute Gasteiger partial charge is 0.380 e. The molecular weight excluding hydrogens is 296 g/mol. The monoisotopic (exact) mass is 310 g/mol. The maximum atomic E-state index is 5.20. The van der Waals surface area contributed by atoms with E-state index in [1.165, 1.54) is 0 Å². The quantitative estimate of drug-likeness (QED) is 0.921. The van der Waals surface area contributed by atoms with E-state index in [1.807, 2.05) is 31.4 Å². The smallest absolute Gasteiger partial charge is 0.102 e. The van der Waals surface area contributed by atoms with E-state index in [0.29, 0.717) is 13.2 Å². The van der Waals surface area contributed by atoms with Crippen LogP contribution in [0.2, 0.25) is 0 Å². The maximum absolute atomic E-state index is 5.20. The highest BCUT2D eigenvalue weighted by Crippen LogP contribution is 2.25. The molecule has 0 saturated carbocycles. The van der Waals surface area contributed by atoms with Crippen molar-refractivity contribution in [1.29, 1.82) is 0 Å². The molecule has 0 radical (unpaired) electrons. The van der Waals surface area contributed by atoms with Crippen LogP contribution in [-0.4, -0.2) is 22.1 Å². The van der Waals surface area contributed by atoms with Gasteiger partial charge in [0, 0.05) is 36.1 Å². The summed E-state index contributed by atoms with van der Waals surface area (Å²) in [5, 5.41) is 11.3. The van der Waals surface area contributed by atoms with Crippen LogP contribution >= 0.6 is 15.9 Å². The van der Waals surface area contributed by atoms with Gasteiger partial charge in [0.25, 0.3) is 0 Å². The first-order valence-corrected chi connectivity index (χ1v) is 6.35. The normalized spacial score (nSPS) is 10.6. The first kappa shape index (κ1) is 13.0. The Bertz CT molecular complexity index is 527. The number of nitrogens with one attached hydrogen (secondary N) is 1. The van der Waals surface area contributed by atoms with Crippen molar-refractivity contribution in [1.82, 2.24) is 15.0 Å². The lowest BCUT2D eigenvalue weighted by molar-refractivity contribution is 0.185. The van der Waals surface area contributed by atoms with Gasteiger partial charge in [0.15, 0.2) is 0 Å². The van der Waals surface area contributed by atoms with Crippen molar-refractivity contribution in [3.8, 4) is 0 Å². The van der Waals surface area contributed by atoms with E-state index >= 15 is 0 Å². The van der Waals surface area contributed by atoms with Crippen LogP contribution in [0.1, 0.15) is 11.3 Å². The standard InChI is InChI=1S/C12H15BrN4O/c1-17-7-9(15-16-17)6-14-12-5-3-4-11(13)10(12)8-18-2/h3-5,7,14H,6,8H2,1-2H3. The van der Waals surface area contributed by atoms with Crippen molar-refractivity contribution in [2.24, 2.45) is 7.05 Å². The number of aromatic nitrogens is 3. The number of methoxy groups -OCH3 is 1. The van der Waals surface area contributed by atoms with Gasteiger partial charge in [-0.15, -0.1) is 5.10 Å². The molecule has 0 aliphatic rings. The van der Waals surface area contributed by atoms with Gasteiger partial charge in [0.05, 0.1) is 13.2 Å². The third-order valence-corrected chi connectivity index (χ3v) is 3.26. The summed E-state index contributed by atoms with van der Waals surface area (Å²) in [4.78, 5) is 0. The van der Waals surface area contributed by atoms with E-state index < -0.39 is 0 Å². The molecule has 0 spiro atoms. The van der Waals surface area contributed by atoms with Crippen LogP contribution in [0, 0.1) is 0 Å². The van der Waals surface area contributed by atoms with Crippen LogP contribution in [0.15, 0.2) is 28.9 Å². The Labute approximate surface area is 114 Å². The molecule has 0 bridgehead atoms. The van der Waals surface area contributed by atoms with Crippen LogP contribution < -0.4 is 5.32 Å². The van der Waals surface area contributed by atoms with Gasteiger partial charge >= 0.3 is 0 Å². The molecule has 0 aliphatic heterocycles. The number of hydrogen-bond donors (Lipinski definition) is 1. The van der Waals surface area contributed by atoms with Crippen molar-refractivity contribution in [2.75, 3.05) is 12.4 Å². The lowest BCUT2D eigenvalue weighted by atomic mass is 10.2. The molecule has 0 fully saturated rings. The van der Waals surface area contributed by atoms with Crippen LogP contribution in [0.5, 0.6) is 0 Å². The molecule has 0 atom stereocenters. The molecule has 96 valence electrons. The Balaban J connectivity index is 2.11. The van der Waals surface area contributed by atoms with E-state index in [2.05, 4.69) is 31.6 Å². The molecule has 5 nitrogen and oxygen atoms in total. The molecule has 2 aromatic rings. The van der Waals surface area contributed by atoms with Crippen molar-refractivity contribution < 1.29 is 4.74 Å². The van der Waals surface area contributed by atoms with Gasteiger partial charge in [-0.2, -0.15) is 0 Å². The molecule has 0 aliphatic carbocycles. The zero-order chi connectivity index (χ0) is 13.0. The molecule has 0 unspecified atom stereocenters. The highest BCUT2D eigenvalue weighted by atomic mass is 79.9. The van der Waals surface area contributed by atoms with Gasteiger partial charge in [-0.3, -0.25) is 4.68 Å². The zero-order valence-corrected chi connectivity index (χ0v) is 11.9. The predicted molar refractivity (Wildman–Crippen MR) is 73.2 cm³/mol. The molecule has 1 heterocycles. The molecule has 2 rings (SSSR count). The second-order valence-electron chi connectivity index (χ2n) is 3.94. The lowest BCUT2D eigenvalue weighted by Crippen LogP contribution is -2.04. The second kappa shape index (κ2) is 5.97. The van der Waals surface area contributed by atoms with Gasteiger partial charge in [-0.1, -0.05) is 27.2 Å². The molecule has 6 heteroatoms. The highest BCUT2D eigenvalue weighted by molar-refractivity contribution is 9.10. The van der Waals surface area contributed by atoms with Crippen LogP contribution in [-0.2, 0) is 24.9 Å². The van der Waals surface area contributed by atoms with Crippen LogP contribution in [0.3, 0.4) is 0 Å². The molecular formula is C12H15BrN4O. The van der Waals surface area contributed by atoms with Crippen LogP contribution in [0.25, 0.3) is 0 Å². The molecule has 1 aromatic carbocycles. The highest BCUT2D eigenvalue weighted by Gasteiger charge is 2.07. The molecule has 0 amide bonds. The minimum atomic E-state index is 0.560. The fourth-order valence-electron chi connectivity index (χ4n) is 1.68. The predicted octanol–water partition coefficient (Wildman–Crippen LogP) is 2.34. The summed E-state index contributed by atoms with van der Waals surface area (Å²) >= 11 is 3.53. The van der Waals surface area contributed by atoms with Crippen molar-refractivity contribution in [3.05, 3.63) is 40.1 Å². The summed E-state index contributed by atoms with van der Waals surface area (Å²) in [6.45, 7) is 1.20. The number of aryl methyl sites for hydroxylation is 1. The van der Waals surface area contributed by atoms with Gasteiger partial charge in [0.1, 0.15) is 5.69 Å². The second-order valence-corrected chi connectivity index (χ2v) is 4.79. The van der Waals surface area contributed by atoms with E-state index in [4.69, 9.17) is 4.74 Å². The zero-order valence-electron chi connectivity index (χ0n) is 10.4. The summed E-state index contributed by atoms with van der Waals surface area (Å²) in [7, 11) is 3.54. The lowest BCUT2D eigenvalue weighted by Gasteiger charge is -2.12. The summed E-state index contributed by atoms with van der Waals surface area (Å²) in [5.41, 5.74) is 3.04. The van der Waals surface area contributed by atoms with Crippen molar-refractivity contribution >= 4 is 21.6 Å². The SMILES string of the molecule is COCc1c(Br)cccc1NCc1cn(C)nn1. The van der Waals surface area contributed by atoms with Gasteiger partial charge in [-0.25, -0.2) is 0 Å². The summed E-state index contributed by atoms with van der Waals surface area (Å²) in [5.74, 6) is 0. The minimum absolute atomic E-state index is 0.560. The van der Waals surface area contributed by atoms with Gasteiger partial charge < -0.3 is 10.1 Å². The summed E-state index contributed by atoms with van der Waals surface area (Å²) in [6, 6.07) is 6.01. The molecule has 1 N–H and O–H groups in total. The van der Waals surface area contributed by atoms with Gasteiger partial charge in [-0.05, 0) is 12.1 Å². The Hall–Kier alpha value is -1.40. The Kier molecular flexibility index (Phi) is 4.33. The summed E-state index contributed by atoms with van der Waals surface area (Å²) in [6.07, 6.45) is 1.89. The third kappa shape index (κ3) is 3.08. The number of rotatable bonds is 5. The first-order chi connectivity index (χ1) is 8.70. The average Bonchev–Trinajstić information content (AvgIpc) is 2.76. The van der Waals surface area contributed by atoms with Gasteiger partial charge in [0.2, 0.25) is 0 Å². The average molecular weight is 311 g/mol. The Morgan fingerprint density at radius 1 is 1.44 bits per heavy atom. The molecule has 1 aromatic heterocycles. The Morgan fingerprint density at radius 2 is 2.28 bits per heavy atom. The van der Waals surface area contributed by atoms with Crippen molar-refractivity contribution in [2.45, 2.75) is 13.2 Å². The maximum Gasteiger partial charge on any atom is 0.102 e. The number of hydrogen-bond acceptors (Lipinski definition) is 4. The van der Waals surface area contributed by atoms with E-state index in [-0.39, 0.29) is 0 Å². The fourth-order valence-corrected chi connectivity index (χ4v) is 2.16. The number of nitrogens with zero attached hydrogens (tertiary/aromatic N) is 3. The topological polar surface area (TPSA) is 52.0 Å². The van der Waals surface area contributed by atoms with E-state index in [1.54, 1.807) is 11.8 Å². The minimum Gasteiger partial charge on any atom is -0.380 e. The number of ether oxygens (including phenoxy) is 1. The number of benzene rings is 1. The first-order valence-electron chi connectivity index (χ1n) is 5.56. The van der Waals surface area contributed by atoms with E-state index in [9.17, 15) is 0 Å². The fraction of sp³-hybridized carbons (Fsp3) is 0.333. The Morgan fingerprint density at radius 3 is 2.94 bits per heavy atom. The third-order valence-electron chi connectivity index (χ3n) is 2.52. The molecule has 18 heavy (non-hydrogen) atoms.